The molecule has 8 heteroatoms. The minimum absolute atomic E-state index is 0.00923. The number of hydrogen-bond acceptors (Lipinski definition) is 8. The Labute approximate surface area is 198 Å². The lowest BCUT2D eigenvalue weighted by Crippen LogP contribution is -2.30. The Morgan fingerprint density at radius 3 is 2.65 bits per heavy atom. The number of carbonyl (C=O) groups excluding carboxylic acids is 1. The Bertz CT molecular complexity index is 1060. The van der Waals surface area contributed by atoms with Gasteiger partial charge < -0.3 is 24.4 Å². The van der Waals surface area contributed by atoms with E-state index >= 15 is 0 Å². The van der Waals surface area contributed by atoms with Crippen LogP contribution < -0.4 is 10.2 Å². The summed E-state index contributed by atoms with van der Waals surface area (Å²) in [5.41, 5.74) is 4.42. The third-order valence-corrected chi connectivity index (χ3v) is 5.71. The first-order valence-electron chi connectivity index (χ1n) is 11.2. The van der Waals surface area contributed by atoms with Gasteiger partial charge >= 0.3 is 5.97 Å². The number of cyclic esters (lactones) is 1. The second kappa shape index (κ2) is 10.7. The summed E-state index contributed by atoms with van der Waals surface area (Å²) in [6, 6.07) is 9.73. The molecule has 3 N–H and O–H groups in total. The highest BCUT2D eigenvalue weighted by molar-refractivity contribution is 5.94. The van der Waals surface area contributed by atoms with E-state index in [1.165, 1.54) is 6.07 Å². The monoisotopic (exact) mass is 467 g/mol. The van der Waals surface area contributed by atoms with E-state index in [0.717, 1.165) is 17.4 Å². The zero-order valence-corrected chi connectivity index (χ0v) is 19.1. The van der Waals surface area contributed by atoms with Crippen LogP contribution in [0.3, 0.4) is 0 Å². The van der Waals surface area contributed by atoms with Crippen molar-refractivity contribution in [3.63, 3.8) is 0 Å². The lowest BCUT2D eigenvalue weighted by Gasteiger charge is -2.19. The number of carbonyl (C=O) groups is 1. The highest BCUT2D eigenvalue weighted by Gasteiger charge is 2.38. The molecular formula is C26H29NO7. The average Bonchev–Trinajstić information content (AvgIpc) is 3.53. The Kier molecular flexibility index (Phi) is 7.52. The van der Waals surface area contributed by atoms with Crippen LogP contribution in [0.1, 0.15) is 34.8 Å². The van der Waals surface area contributed by atoms with Crippen LogP contribution in [0.5, 0.6) is 17.2 Å². The van der Waals surface area contributed by atoms with Gasteiger partial charge in [0, 0.05) is 12.5 Å². The lowest BCUT2D eigenvalue weighted by molar-refractivity contribution is 0.0133. The van der Waals surface area contributed by atoms with Crippen molar-refractivity contribution in [1.82, 2.24) is 5.48 Å². The number of fused-ring (bicyclic) bond motifs is 2. The Morgan fingerprint density at radius 2 is 1.88 bits per heavy atom. The van der Waals surface area contributed by atoms with Crippen LogP contribution in [0.15, 0.2) is 60.7 Å². The van der Waals surface area contributed by atoms with Gasteiger partial charge in [0.1, 0.15) is 35.0 Å². The van der Waals surface area contributed by atoms with Crippen molar-refractivity contribution in [1.29, 1.82) is 0 Å². The van der Waals surface area contributed by atoms with Crippen molar-refractivity contribution < 1.29 is 34.1 Å². The third kappa shape index (κ3) is 6.17. The smallest absolute Gasteiger partial charge is 0.342 e. The molecule has 2 aliphatic rings. The molecule has 0 saturated carbocycles. The SMILES string of the molecule is COc1ccc(CONC2/C=C/C=C\[C@H]3O[C@@H]3C[C@@H](C)OC(=O)c3c(O)cc(O)cc3C2)cc1. The second-order valence-corrected chi connectivity index (χ2v) is 8.42. The standard InChI is InChI=1S/C26H29NO7/c1-16-11-24-23(34-24)6-4-3-5-19(27-32-15-17-7-9-21(31-2)10-8-17)12-18-13-20(28)14-22(29)25(18)26(30)33-16/h3-10,13-14,16,19,23-24,27-29H,11-12,15H2,1-2H3/b5-3+,6-4-/t16-,19?,23-,24-/m1/s1. The zero-order chi connectivity index (χ0) is 24.1. The number of methoxy groups -OCH3 is 1. The van der Waals surface area contributed by atoms with E-state index in [-0.39, 0.29) is 41.7 Å². The van der Waals surface area contributed by atoms with Crippen LogP contribution >= 0.6 is 0 Å². The Morgan fingerprint density at radius 1 is 1.12 bits per heavy atom. The normalized spacial score (nSPS) is 26.4. The summed E-state index contributed by atoms with van der Waals surface area (Å²) in [4.78, 5) is 18.6. The highest BCUT2D eigenvalue weighted by Crippen LogP contribution is 2.32. The number of phenols is 2. The van der Waals surface area contributed by atoms with Gasteiger partial charge in [0.2, 0.25) is 0 Å². The van der Waals surface area contributed by atoms with Crippen molar-refractivity contribution >= 4 is 5.97 Å². The summed E-state index contributed by atoms with van der Waals surface area (Å²) in [6.45, 7) is 2.10. The molecule has 2 aliphatic heterocycles. The number of nitrogens with one attached hydrogen (secondary N) is 1. The number of benzene rings is 2. The van der Waals surface area contributed by atoms with Crippen LogP contribution in [0.25, 0.3) is 0 Å². The maximum Gasteiger partial charge on any atom is 0.342 e. The maximum atomic E-state index is 12.9. The van der Waals surface area contributed by atoms with Gasteiger partial charge in [-0.05, 0) is 42.7 Å². The lowest BCUT2D eigenvalue weighted by atomic mass is 9.98. The van der Waals surface area contributed by atoms with Gasteiger partial charge in [0.25, 0.3) is 0 Å². The van der Waals surface area contributed by atoms with Crippen LogP contribution in [0, 0.1) is 0 Å². The number of epoxide rings is 1. The van der Waals surface area contributed by atoms with Crippen LogP contribution in [-0.2, 0) is 27.3 Å². The van der Waals surface area contributed by atoms with E-state index in [0.29, 0.717) is 18.6 Å². The number of esters is 1. The molecule has 2 heterocycles. The molecule has 4 rings (SSSR count). The Balaban J connectivity index is 1.54. The molecule has 34 heavy (non-hydrogen) atoms. The van der Waals surface area contributed by atoms with Crippen LogP contribution in [0.4, 0.5) is 0 Å². The van der Waals surface area contributed by atoms with Crippen molar-refractivity contribution in [2.24, 2.45) is 0 Å². The molecule has 0 amide bonds. The third-order valence-electron chi connectivity index (χ3n) is 5.71. The van der Waals surface area contributed by atoms with Crippen molar-refractivity contribution in [3.05, 3.63) is 77.4 Å². The topological polar surface area (TPSA) is 110 Å². The van der Waals surface area contributed by atoms with E-state index in [9.17, 15) is 15.0 Å². The molecule has 2 aromatic carbocycles. The second-order valence-electron chi connectivity index (χ2n) is 8.42. The van der Waals surface area contributed by atoms with Gasteiger partial charge in [0.15, 0.2) is 0 Å². The van der Waals surface area contributed by atoms with Gasteiger partial charge in [-0.2, -0.15) is 5.48 Å². The number of aromatic hydroxyl groups is 2. The van der Waals surface area contributed by atoms with Gasteiger partial charge in [-0.25, -0.2) is 4.79 Å². The molecule has 0 aromatic heterocycles. The highest BCUT2D eigenvalue weighted by atomic mass is 16.6. The fourth-order valence-corrected chi connectivity index (χ4v) is 3.91. The molecule has 1 unspecified atom stereocenters. The number of allylic oxidation sites excluding steroid dienone is 2. The van der Waals surface area contributed by atoms with Gasteiger partial charge in [-0.1, -0.05) is 36.4 Å². The van der Waals surface area contributed by atoms with Crippen molar-refractivity contribution in [2.75, 3.05) is 7.11 Å². The van der Waals surface area contributed by atoms with E-state index in [1.54, 1.807) is 14.0 Å². The predicted molar refractivity (Wildman–Crippen MR) is 125 cm³/mol. The molecule has 8 nitrogen and oxygen atoms in total. The quantitative estimate of drug-likeness (QED) is 0.348. The number of rotatable bonds is 5. The van der Waals surface area contributed by atoms with E-state index < -0.39 is 12.1 Å². The van der Waals surface area contributed by atoms with Crippen molar-refractivity contribution in [2.45, 2.75) is 50.7 Å². The maximum absolute atomic E-state index is 12.9. The first kappa shape index (κ1) is 23.8. The fourth-order valence-electron chi connectivity index (χ4n) is 3.91. The molecular weight excluding hydrogens is 438 g/mol. The van der Waals surface area contributed by atoms with Crippen LogP contribution in [-0.4, -0.2) is 47.6 Å². The summed E-state index contributed by atoms with van der Waals surface area (Å²) in [5, 5.41) is 20.5. The van der Waals surface area contributed by atoms with Gasteiger partial charge in [-0.3, -0.25) is 4.84 Å². The molecule has 0 aliphatic carbocycles. The van der Waals surface area contributed by atoms with E-state index in [2.05, 4.69) is 5.48 Å². The average molecular weight is 468 g/mol. The summed E-state index contributed by atoms with van der Waals surface area (Å²) in [5.74, 6) is -0.362. The Hall–Kier alpha value is -3.33. The largest absolute Gasteiger partial charge is 0.508 e. The molecule has 1 saturated heterocycles. The van der Waals surface area contributed by atoms with E-state index in [4.69, 9.17) is 19.0 Å². The van der Waals surface area contributed by atoms with Crippen molar-refractivity contribution in [3.8, 4) is 17.2 Å². The van der Waals surface area contributed by atoms with E-state index in [1.807, 2.05) is 48.6 Å². The molecule has 0 bridgehead atoms. The number of ether oxygens (including phenoxy) is 3. The summed E-state index contributed by atoms with van der Waals surface area (Å²) < 4.78 is 16.4. The summed E-state index contributed by atoms with van der Waals surface area (Å²) >= 11 is 0. The van der Waals surface area contributed by atoms with Crippen LogP contribution in [0.2, 0.25) is 0 Å². The number of hydroxylamine groups is 1. The van der Waals surface area contributed by atoms with Gasteiger partial charge in [0.05, 0.1) is 25.9 Å². The molecule has 4 atom stereocenters. The molecule has 180 valence electrons. The molecule has 0 radical (unpaired) electrons. The molecule has 0 spiro atoms. The predicted octanol–water partition coefficient (Wildman–Crippen LogP) is 3.57. The first-order chi connectivity index (χ1) is 16.4. The number of phenolic OH excluding ortho intramolecular Hbond substituents is 2. The number of hydrogen-bond donors (Lipinski definition) is 3. The first-order valence-corrected chi connectivity index (χ1v) is 11.2. The zero-order valence-electron chi connectivity index (χ0n) is 19.1. The fraction of sp³-hybridized carbons (Fsp3) is 0.346. The minimum Gasteiger partial charge on any atom is -0.508 e. The van der Waals surface area contributed by atoms with Gasteiger partial charge in [-0.15, -0.1) is 0 Å². The molecule has 2 aromatic rings. The summed E-state index contributed by atoms with van der Waals surface area (Å²) in [7, 11) is 1.61. The summed E-state index contributed by atoms with van der Waals surface area (Å²) in [6.07, 6.45) is 8.04. The molecule has 1 fully saturated rings. The minimum atomic E-state index is -0.647.